The molecule has 0 saturated carbocycles. The van der Waals surface area contributed by atoms with Crippen molar-refractivity contribution in [3.8, 4) is 5.75 Å². The van der Waals surface area contributed by atoms with Gasteiger partial charge in [-0.3, -0.25) is 19.9 Å². The van der Waals surface area contributed by atoms with Crippen molar-refractivity contribution in [2.45, 2.75) is 24.0 Å². The lowest BCUT2D eigenvalue weighted by molar-refractivity contribution is -0.525. The van der Waals surface area contributed by atoms with E-state index in [1.54, 1.807) is 54.8 Å². The lowest BCUT2D eigenvalue weighted by atomic mass is 9.84. The van der Waals surface area contributed by atoms with E-state index in [1.807, 2.05) is 24.3 Å². The van der Waals surface area contributed by atoms with Crippen LogP contribution >= 0.6 is 15.9 Å². The Morgan fingerprint density at radius 2 is 1.86 bits per heavy atom. The minimum absolute atomic E-state index is 0.206. The molecule has 0 aromatic heterocycles. The van der Waals surface area contributed by atoms with Crippen molar-refractivity contribution < 1.29 is 14.5 Å². The number of fused-ring (bicyclic) bond motifs is 1. The minimum atomic E-state index is -0.989. The number of allylic oxidation sites excluding steroid dienone is 1. The van der Waals surface area contributed by atoms with Crippen molar-refractivity contribution in [1.29, 1.82) is 0 Å². The molecule has 0 N–H and O–H groups in total. The van der Waals surface area contributed by atoms with E-state index in [2.05, 4.69) is 21.0 Å². The van der Waals surface area contributed by atoms with Crippen LogP contribution in [0.15, 0.2) is 70.3 Å². The molecule has 1 fully saturated rings. The number of nitrogens with zero attached hydrogens (tertiary/aromatic N) is 3. The summed E-state index contributed by atoms with van der Waals surface area (Å²) in [6, 6.07) is 11.7. The van der Waals surface area contributed by atoms with E-state index in [1.165, 1.54) is 0 Å². The Hall–Kier alpha value is -3.00. The Morgan fingerprint density at radius 1 is 1.17 bits per heavy atom. The fourth-order valence-corrected chi connectivity index (χ4v) is 4.33. The van der Waals surface area contributed by atoms with Gasteiger partial charge in [0.2, 0.25) is 6.04 Å². The van der Waals surface area contributed by atoms with Gasteiger partial charge in [0.1, 0.15) is 17.8 Å². The molecule has 2 aliphatic heterocycles. The molecule has 0 spiro atoms. The van der Waals surface area contributed by atoms with Gasteiger partial charge >= 0.3 is 0 Å². The Bertz CT molecular complexity index is 988. The van der Waals surface area contributed by atoms with Gasteiger partial charge in [-0.2, -0.15) is 5.10 Å². The number of rotatable bonds is 5. The first-order chi connectivity index (χ1) is 14.0. The smallest absolute Gasteiger partial charge is 0.247 e. The van der Waals surface area contributed by atoms with Crippen LogP contribution in [0.5, 0.6) is 5.75 Å². The highest BCUT2D eigenvalue weighted by molar-refractivity contribution is 9.10. The molecule has 0 aliphatic carbocycles. The Labute approximate surface area is 175 Å². The third kappa shape index (κ3) is 3.44. The van der Waals surface area contributed by atoms with Gasteiger partial charge in [-0.15, -0.1) is 0 Å². The molecule has 148 valence electrons. The Balaban J connectivity index is 1.81. The summed E-state index contributed by atoms with van der Waals surface area (Å²) < 4.78 is 6.03. The number of hydrazone groups is 1. The van der Waals surface area contributed by atoms with E-state index in [-0.39, 0.29) is 10.7 Å². The highest BCUT2D eigenvalue weighted by atomic mass is 79.9. The van der Waals surface area contributed by atoms with Gasteiger partial charge in [-0.1, -0.05) is 34.1 Å². The number of ketones is 1. The van der Waals surface area contributed by atoms with E-state index in [0.717, 1.165) is 10.0 Å². The number of hydrogen-bond donors (Lipinski definition) is 0. The number of halogens is 1. The Kier molecular flexibility index (Phi) is 5.19. The summed E-state index contributed by atoms with van der Waals surface area (Å²) in [5.74, 6) is -0.211. The van der Waals surface area contributed by atoms with Gasteiger partial charge in [0, 0.05) is 21.2 Å². The molecule has 2 aromatic rings. The largest absolute Gasteiger partial charge is 0.497 e. The summed E-state index contributed by atoms with van der Waals surface area (Å²) in [6.07, 6.45) is 5.00. The van der Waals surface area contributed by atoms with Gasteiger partial charge in [-0.05, 0) is 48.0 Å². The average Bonchev–Trinajstić information content (AvgIpc) is 3.09. The van der Waals surface area contributed by atoms with E-state index in [4.69, 9.17) is 4.74 Å². The molecule has 0 bridgehead atoms. The third-order valence-electron chi connectivity index (χ3n) is 5.38. The summed E-state index contributed by atoms with van der Waals surface area (Å²) in [5, 5.41) is 18.0. The molecule has 4 rings (SSSR count). The summed E-state index contributed by atoms with van der Waals surface area (Å²) in [7, 11) is 1.55. The maximum atomic E-state index is 13.5. The second kappa shape index (κ2) is 7.79. The van der Waals surface area contributed by atoms with Crippen molar-refractivity contribution in [3.63, 3.8) is 0 Å². The van der Waals surface area contributed by atoms with Crippen LogP contribution in [0.1, 0.15) is 21.8 Å². The standard InChI is InChI=1S/C21H18BrN3O4/c1-29-16-10-6-14(7-11-16)21(26)20-18(13-4-8-15(22)9-5-13)19(25(27)28)17-3-2-12-23-24(17)20/h2-12,17-20H,1H3/t17-,18+,19-,20-/m1/s1. The second-order valence-electron chi connectivity index (χ2n) is 6.91. The van der Waals surface area contributed by atoms with Crippen LogP contribution in [0.2, 0.25) is 0 Å². The average molecular weight is 456 g/mol. The second-order valence-corrected chi connectivity index (χ2v) is 7.83. The predicted molar refractivity (Wildman–Crippen MR) is 112 cm³/mol. The summed E-state index contributed by atoms with van der Waals surface area (Å²) in [5.41, 5.74) is 1.20. The maximum absolute atomic E-state index is 13.5. The number of Topliss-reactive ketones (excluding diaryl/α,β-unsaturated/α-hetero) is 1. The minimum Gasteiger partial charge on any atom is -0.497 e. The van der Waals surface area contributed by atoms with Gasteiger partial charge in [0.05, 0.1) is 13.0 Å². The number of benzene rings is 2. The zero-order valence-electron chi connectivity index (χ0n) is 15.5. The zero-order chi connectivity index (χ0) is 20.5. The van der Waals surface area contributed by atoms with E-state index in [9.17, 15) is 14.9 Å². The fourth-order valence-electron chi connectivity index (χ4n) is 4.07. The van der Waals surface area contributed by atoms with Crippen LogP contribution in [0.25, 0.3) is 0 Å². The van der Waals surface area contributed by atoms with Gasteiger partial charge < -0.3 is 4.74 Å². The van der Waals surface area contributed by atoms with Crippen LogP contribution in [0, 0.1) is 10.1 Å². The van der Waals surface area contributed by atoms with Gasteiger partial charge in [0.15, 0.2) is 5.78 Å². The number of carbonyl (C=O) groups is 1. The van der Waals surface area contributed by atoms with Gasteiger partial charge in [0.25, 0.3) is 0 Å². The lowest BCUT2D eigenvalue weighted by Crippen LogP contribution is -2.40. The van der Waals surface area contributed by atoms with Crippen LogP contribution in [0.4, 0.5) is 0 Å². The van der Waals surface area contributed by atoms with E-state index in [0.29, 0.717) is 11.3 Å². The lowest BCUT2D eigenvalue weighted by Gasteiger charge is -2.27. The number of carbonyl (C=O) groups excluding carboxylic acids is 1. The molecule has 8 heteroatoms. The highest BCUT2D eigenvalue weighted by Gasteiger charge is 2.58. The van der Waals surface area contributed by atoms with E-state index < -0.39 is 24.0 Å². The SMILES string of the molecule is COc1ccc(C(=O)[C@H]2[C@@H](c3ccc(Br)cc3)[C@H]([N+](=O)[O-])[C@H]3C=CC=NN32)cc1. The number of methoxy groups -OCH3 is 1. The van der Waals surface area contributed by atoms with Crippen LogP contribution in [-0.2, 0) is 0 Å². The normalized spacial score (nSPS) is 25.0. The van der Waals surface area contributed by atoms with Gasteiger partial charge in [-0.25, -0.2) is 0 Å². The molecule has 1 saturated heterocycles. The monoisotopic (exact) mass is 455 g/mol. The summed E-state index contributed by atoms with van der Waals surface area (Å²) >= 11 is 3.40. The van der Waals surface area contributed by atoms with Crippen LogP contribution in [0.3, 0.4) is 0 Å². The van der Waals surface area contributed by atoms with Crippen LogP contribution < -0.4 is 4.74 Å². The van der Waals surface area contributed by atoms with Crippen molar-refractivity contribution in [3.05, 3.63) is 86.4 Å². The number of nitro groups is 1. The van der Waals surface area contributed by atoms with Crippen molar-refractivity contribution >= 4 is 27.9 Å². The fraction of sp³-hybridized carbons (Fsp3) is 0.238. The van der Waals surface area contributed by atoms with E-state index >= 15 is 0 Å². The molecule has 4 atom stereocenters. The molecular weight excluding hydrogens is 438 g/mol. The summed E-state index contributed by atoms with van der Waals surface area (Å²) in [6.45, 7) is 0. The molecule has 2 heterocycles. The topological polar surface area (TPSA) is 85.0 Å². The number of hydrogen-bond acceptors (Lipinski definition) is 6. The van der Waals surface area contributed by atoms with Crippen molar-refractivity contribution in [1.82, 2.24) is 5.01 Å². The molecule has 0 radical (unpaired) electrons. The molecule has 2 aromatic carbocycles. The molecule has 2 aliphatic rings. The maximum Gasteiger partial charge on any atom is 0.247 e. The molecule has 0 unspecified atom stereocenters. The zero-order valence-corrected chi connectivity index (χ0v) is 17.1. The molecule has 0 amide bonds. The molecule has 7 nitrogen and oxygen atoms in total. The number of ether oxygens (including phenoxy) is 1. The van der Waals surface area contributed by atoms with Crippen molar-refractivity contribution in [2.75, 3.05) is 7.11 Å². The molecular formula is C21H18BrN3O4. The third-order valence-corrected chi connectivity index (χ3v) is 5.91. The van der Waals surface area contributed by atoms with Crippen LogP contribution in [-0.4, -0.2) is 47.2 Å². The van der Waals surface area contributed by atoms with Crippen molar-refractivity contribution in [2.24, 2.45) is 5.10 Å². The predicted octanol–water partition coefficient (Wildman–Crippen LogP) is 3.68. The summed E-state index contributed by atoms with van der Waals surface area (Å²) in [4.78, 5) is 25.3. The Morgan fingerprint density at radius 3 is 2.48 bits per heavy atom. The first-order valence-corrected chi connectivity index (χ1v) is 9.87. The first-order valence-electron chi connectivity index (χ1n) is 9.07. The highest BCUT2D eigenvalue weighted by Crippen LogP contribution is 2.42. The first kappa shape index (κ1) is 19.3. The molecule has 29 heavy (non-hydrogen) atoms. The quantitative estimate of drug-likeness (QED) is 0.390.